The van der Waals surface area contributed by atoms with E-state index in [4.69, 9.17) is 19.7 Å². The molecule has 0 saturated heterocycles. The molecule has 0 aliphatic carbocycles. The van der Waals surface area contributed by atoms with Gasteiger partial charge in [-0.15, -0.1) is 0 Å². The van der Waals surface area contributed by atoms with Crippen molar-refractivity contribution in [2.24, 2.45) is 0 Å². The second kappa shape index (κ2) is 12.4. The van der Waals surface area contributed by atoms with Gasteiger partial charge in [0.25, 0.3) is 0 Å². The molecule has 0 spiro atoms. The molecule has 4 rings (SSSR count). The van der Waals surface area contributed by atoms with Crippen LogP contribution >= 0.6 is 0 Å². The summed E-state index contributed by atoms with van der Waals surface area (Å²) in [5, 5.41) is 36.8. The Morgan fingerprint density at radius 2 is 0.723 bits per heavy atom. The minimum absolute atomic E-state index is 0. The van der Waals surface area contributed by atoms with Crippen LogP contribution in [0.4, 0.5) is 26.3 Å². The average molecular weight is 666 g/mol. The highest BCUT2D eigenvalue weighted by atomic mass is 19.4. The van der Waals surface area contributed by atoms with E-state index in [1.165, 1.54) is 0 Å². The standard InChI is InChI=1S/C31H18F6O10.2H/c32-30(33,34)29(31(35,36)37,15-1-5-17(6-2-15)46-19-9-11-21(25(38)39)23(13-19)27(42)43)16-3-7-18(8-4-16)47-20-10-12-22(26(40)41)24(14-20)28(44)45;;/h1-14H,(H,38,39)(H,40,41)(H,42,43)(H,44,45);;/q;2*-1. The molecule has 0 amide bonds. The summed E-state index contributed by atoms with van der Waals surface area (Å²) in [6.07, 6.45) is -11.9. The van der Waals surface area contributed by atoms with Gasteiger partial charge in [0.15, 0.2) is 0 Å². The van der Waals surface area contributed by atoms with Crippen molar-refractivity contribution in [2.75, 3.05) is 0 Å². The molecule has 0 atom stereocenters. The Hall–Kier alpha value is -6.06. The molecule has 4 N–H and O–H groups in total. The monoisotopic (exact) mass is 666 g/mol. The largest absolute Gasteiger partial charge is 1.00 e. The first kappa shape index (κ1) is 33.8. The van der Waals surface area contributed by atoms with Gasteiger partial charge in [0.05, 0.1) is 22.3 Å². The zero-order valence-electron chi connectivity index (χ0n) is 25.1. The Labute approximate surface area is 261 Å². The molecule has 4 aromatic carbocycles. The van der Waals surface area contributed by atoms with Gasteiger partial charge in [0.2, 0.25) is 5.41 Å². The third kappa shape index (κ3) is 6.51. The maximum Gasteiger partial charge on any atom is 0.411 e. The first-order valence-corrected chi connectivity index (χ1v) is 12.8. The zero-order valence-corrected chi connectivity index (χ0v) is 23.1. The number of alkyl halides is 6. The SMILES string of the molecule is O=C(O)c1ccc(Oc2ccc(C(c3ccc(Oc4ccc(C(=O)O)c(C(=O)O)c4)cc3)(C(F)(F)F)C(F)(F)F)cc2)cc1C(=O)O.[H-].[H-]. The lowest BCUT2D eigenvalue weighted by Gasteiger charge is -2.38. The Kier molecular flexibility index (Phi) is 8.91. The number of carbonyl (C=O) groups is 4. The average Bonchev–Trinajstić information content (AvgIpc) is 2.97. The predicted octanol–water partition coefficient (Wildman–Crippen LogP) is 7.70. The number of carboxylic acid groups (broad SMARTS) is 4. The van der Waals surface area contributed by atoms with Crippen molar-refractivity contribution >= 4 is 23.9 Å². The molecule has 0 heterocycles. The van der Waals surface area contributed by atoms with E-state index in [1.54, 1.807) is 0 Å². The number of carboxylic acids is 4. The van der Waals surface area contributed by atoms with Crippen molar-refractivity contribution in [1.29, 1.82) is 0 Å². The van der Waals surface area contributed by atoms with Gasteiger partial charge in [-0.05, 0) is 71.8 Å². The van der Waals surface area contributed by atoms with E-state index in [-0.39, 0.29) is 25.9 Å². The van der Waals surface area contributed by atoms with Gasteiger partial charge in [0.1, 0.15) is 23.0 Å². The van der Waals surface area contributed by atoms with Crippen LogP contribution in [-0.4, -0.2) is 56.7 Å². The van der Waals surface area contributed by atoms with Crippen LogP contribution in [0.5, 0.6) is 23.0 Å². The van der Waals surface area contributed by atoms with Gasteiger partial charge < -0.3 is 32.8 Å². The number of benzene rings is 4. The first-order chi connectivity index (χ1) is 21.9. The van der Waals surface area contributed by atoms with E-state index in [9.17, 15) is 55.7 Å². The van der Waals surface area contributed by atoms with E-state index in [2.05, 4.69) is 0 Å². The van der Waals surface area contributed by atoms with Crippen LogP contribution < -0.4 is 9.47 Å². The minimum atomic E-state index is -5.96. The maximum absolute atomic E-state index is 14.6. The number of halogens is 6. The lowest BCUT2D eigenvalue weighted by Crippen LogP contribution is -2.54. The highest BCUT2D eigenvalue weighted by Crippen LogP contribution is 2.56. The number of hydrogen-bond donors (Lipinski definition) is 4. The lowest BCUT2D eigenvalue weighted by molar-refractivity contribution is -0.288. The summed E-state index contributed by atoms with van der Waals surface area (Å²) < 4.78 is 98.3. The smallest absolute Gasteiger partial charge is 0.411 e. The maximum atomic E-state index is 14.6. The van der Waals surface area contributed by atoms with Crippen LogP contribution in [0.1, 0.15) is 55.4 Å². The number of rotatable bonds is 10. The van der Waals surface area contributed by atoms with Gasteiger partial charge in [-0.2, -0.15) is 26.3 Å². The van der Waals surface area contributed by atoms with E-state index in [1.807, 2.05) is 0 Å². The van der Waals surface area contributed by atoms with Gasteiger partial charge in [-0.3, -0.25) is 0 Å². The molecule has 0 saturated carbocycles. The molecule has 0 bridgehead atoms. The summed E-state index contributed by atoms with van der Waals surface area (Å²) in [4.78, 5) is 45.3. The molecule has 0 aliphatic rings. The second-order valence-electron chi connectivity index (χ2n) is 9.63. The van der Waals surface area contributed by atoms with Gasteiger partial charge in [-0.25, -0.2) is 19.2 Å². The van der Waals surface area contributed by atoms with Crippen LogP contribution in [0, 0.1) is 0 Å². The molecule has 0 radical (unpaired) electrons. The number of hydrogen-bond acceptors (Lipinski definition) is 6. The van der Waals surface area contributed by atoms with E-state index >= 15 is 0 Å². The quantitative estimate of drug-likeness (QED) is 0.123. The fourth-order valence-corrected chi connectivity index (χ4v) is 4.70. The highest BCUT2D eigenvalue weighted by molar-refractivity contribution is 6.02. The molecular weight excluding hydrogens is 646 g/mol. The summed E-state index contributed by atoms with van der Waals surface area (Å²) in [6, 6.07) is 10.7. The highest BCUT2D eigenvalue weighted by Gasteiger charge is 2.72. The van der Waals surface area contributed by atoms with Crippen LogP contribution in [0.15, 0.2) is 84.9 Å². The Morgan fingerprint density at radius 3 is 0.979 bits per heavy atom. The minimum Gasteiger partial charge on any atom is -1.00 e. The van der Waals surface area contributed by atoms with E-state index in [0.29, 0.717) is 24.3 Å². The first-order valence-electron chi connectivity index (χ1n) is 12.8. The van der Waals surface area contributed by atoms with Gasteiger partial charge in [0, 0.05) is 0 Å². The fourth-order valence-electron chi connectivity index (χ4n) is 4.70. The molecule has 248 valence electrons. The molecule has 0 fully saturated rings. The molecule has 4 aromatic rings. The normalized spacial score (nSPS) is 11.9. The number of ether oxygens (including phenoxy) is 2. The van der Waals surface area contributed by atoms with Crippen LogP contribution in [0.3, 0.4) is 0 Å². The Balaban J connectivity index is 0.00000417. The zero-order chi connectivity index (χ0) is 34.9. The molecule has 0 unspecified atom stereocenters. The van der Waals surface area contributed by atoms with Crippen molar-refractivity contribution in [3.63, 3.8) is 0 Å². The Morgan fingerprint density at radius 1 is 0.447 bits per heavy atom. The third-order valence-corrected chi connectivity index (χ3v) is 6.80. The third-order valence-electron chi connectivity index (χ3n) is 6.80. The van der Waals surface area contributed by atoms with Gasteiger partial charge in [-0.1, -0.05) is 24.3 Å². The van der Waals surface area contributed by atoms with Crippen molar-refractivity contribution < 1.29 is 78.3 Å². The lowest BCUT2D eigenvalue weighted by atomic mass is 9.73. The number of aromatic carboxylic acids is 4. The van der Waals surface area contributed by atoms with Crippen LogP contribution in [0.25, 0.3) is 0 Å². The molecule has 0 aromatic heterocycles. The van der Waals surface area contributed by atoms with Crippen LogP contribution in [-0.2, 0) is 5.41 Å². The predicted molar refractivity (Wildman–Crippen MR) is 149 cm³/mol. The molecule has 10 nitrogen and oxygen atoms in total. The van der Waals surface area contributed by atoms with Crippen molar-refractivity contribution in [3.8, 4) is 23.0 Å². The van der Waals surface area contributed by atoms with Crippen molar-refractivity contribution in [3.05, 3.63) is 118 Å². The van der Waals surface area contributed by atoms with Crippen molar-refractivity contribution in [1.82, 2.24) is 0 Å². The van der Waals surface area contributed by atoms with E-state index < -0.39 is 75.0 Å². The van der Waals surface area contributed by atoms with Gasteiger partial charge >= 0.3 is 36.2 Å². The summed E-state index contributed by atoms with van der Waals surface area (Å²) in [5.41, 5.74) is -9.62. The molecule has 47 heavy (non-hydrogen) atoms. The fraction of sp³-hybridized carbons (Fsp3) is 0.0968. The Bertz CT molecular complexity index is 1740. The topological polar surface area (TPSA) is 168 Å². The van der Waals surface area contributed by atoms with Crippen LogP contribution in [0.2, 0.25) is 0 Å². The molecule has 0 aliphatic heterocycles. The summed E-state index contributed by atoms with van der Waals surface area (Å²) in [7, 11) is 0. The van der Waals surface area contributed by atoms with Crippen molar-refractivity contribution in [2.45, 2.75) is 17.8 Å². The molecule has 16 heteroatoms. The summed E-state index contributed by atoms with van der Waals surface area (Å²) >= 11 is 0. The van der Waals surface area contributed by atoms with E-state index in [0.717, 1.165) is 60.7 Å². The summed E-state index contributed by atoms with van der Waals surface area (Å²) in [5.74, 6) is -7.50. The molecular formula is C31H20F6O10-2. The summed E-state index contributed by atoms with van der Waals surface area (Å²) in [6.45, 7) is 0. The second-order valence-corrected chi connectivity index (χ2v) is 9.63.